The normalized spacial score (nSPS) is 28.8. The molecule has 0 bridgehead atoms. The highest BCUT2D eigenvalue weighted by Crippen LogP contribution is 2.45. The van der Waals surface area contributed by atoms with E-state index in [1.54, 1.807) is 72.8 Å². The van der Waals surface area contributed by atoms with E-state index in [9.17, 15) is 44.2 Å². The number of nitrogens with zero attached hydrogens (tertiary/aromatic N) is 3. The highest BCUT2D eigenvalue weighted by atomic mass is 16.8. The minimum Gasteiger partial charge on any atom is -0.497 e. The van der Waals surface area contributed by atoms with Gasteiger partial charge in [-0.3, -0.25) is 28.8 Å². The summed E-state index contributed by atoms with van der Waals surface area (Å²) in [5.74, 6) is -13.5. The molecule has 6 aromatic carbocycles. The number of hydrogen-bond acceptors (Lipinski definition) is 32. The molecule has 1 amide bonds. The van der Waals surface area contributed by atoms with E-state index in [4.69, 9.17) is 106 Å². The Balaban J connectivity index is 1.03. The number of morpholine rings is 1. The average Bonchev–Trinajstić information content (AvgIpc) is 0.737. The van der Waals surface area contributed by atoms with Crippen LogP contribution < -0.4 is 26.3 Å². The molecule has 22 atom stereocenters. The van der Waals surface area contributed by atoms with Crippen LogP contribution >= 0.6 is 0 Å². The molecule has 5 aliphatic heterocycles. The second-order valence-corrected chi connectivity index (χ2v) is 28.4. The molecule has 11 rings (SSSR count). The molecular weight excluding hydrogens is 1540 g/mol. The SMILES string of the molecule is COC(=O)[C@@]1(O[C@@H]2[C@@H](O)[C@H](O[C@H]3[C@H](OCc4ccccc4)[C@@H](OCc4ccccc4)[C@H](Oc4ccc(OC)cc4)O[C@@H]3COCc3ccccc3)O[C@H](COCc3ccccc3)[C@@H]2N=[N+]=[N-])C[C@H](OC(=O)c2ccccc2)[C@@H](N)[C@H]([C@H](OC(C)=O)[C@H]2CNC(=O)[C@@]3(C[C@H](OC(C)=O)[C@@H](N)[C@H]([C@H](OC(C)=O)[C@@H](COC(C)=O)OC(C)=O)O3)O2)O1. The van der Waals surface area contributed by atoms with Crippen LogP contribution in [0.2, 0.25) is 0 Å². The minimum absolute atomic E-state index is 0.0334. The van der Waals surface area contributed by atoms with E-state index >= 15 is 4.79 Å². The zero-order chi connectivity index (χ0) is 84.0. The Labute approximate surface area is 679 Å². The van der Waals surface area contributed by atoms with Gasteiger partial charge in [-0.2, -0.15) is 0 Å². The Morgan fingerprint density at radius 2 is 1.10 bits per heavy atom. The van der Waals surface area contributed by atoms with Crippen molar-refractivity contribution >= 4 is 47.7 Å². The van der Waals surface area contributed by atoms with Crippen molar-refractivity contribution in [2.45, 2.75) is 208 Å². The summed E-state index contributed by atoms with van der Waals surface area (Å²) < 4.78 is 128. The van der Waals surface area contributed by atoms with Crippen LogP contribution in [0.15, 0.2) is 181 Å². The van der Waals surface area contributed by atoms with Crippen LogP contribution in [-0.4, -0.2) is 227 Å². The van der Waals surface area contributed by atoms with Gasteiger partial charge < -0.3 is 117 Å². The zero-order valence-corrected chi connectivity index (χ0v) is 65.7. The number of amides is 1. The molecule has 0 saturated carbocycles. The number of rotatable bonds is 35. The number of benzene rings is 6. The average molecular weight is 1640 g/mol. The molecule has 5 fully saturated rings. The molecular formula is C83H96N6O29. The van der Waals surface area contributed by atoms with E-state index < -0.39 is 214 Å². The van der Waals surface area contributed by atoms with Gasteiger partial charge in [0.1, 0.15) is 85.2 Å². The van der Waals surface area contributed by atoms with Crippen LogP contribution in [0.3, 0.4) is 0 Å². The van der Waals surface area contributed by atoms with Crippen molar-refractivity contribution < 1.29 is 138 Å². The second-order valence-electron chi connectivity index (χ2n) is 28.4. The van der Waals surface area contributed by atoms with E-state index in [-0.39, 0.29) is 38.6 Å². The molecule has 35 nitrogen and oxygen atoms in total. The number of hydrogen-bond donors (Lipinski definition) is 4. The minimum atomic E-state index is -3.10. The van der Waals surface area contributed by atoms with Crippen molar-refractivity contribution in [2.75, 3.05) is 40.6 Å². The Hall–Kier alpha value is -10.6. The smallest absolute Gasteiger partial charge is 0.366 e. The van der Waals surface area contributed by atoms with Crippen LogP contribution in [0.5, 0.6) is 11.5 Å². The third-order valence-corrected chi connectivity index (χ3v) is 19.9. The molecule has 1 spiro atoms. The van der Waals surface area contributed by atoms with Crippen LogP contribution in [0.1, 0.15) is 80.1 Å². The van der Waals surface area contributed by atoms with Crippen molar-refractivity contribution in [1.82, 2.24) is 5.32 Å². The summed E-state index contributed by atoms with van der Waals surface area (Å²) in [6, 6.07) is 45.8. The van der Waals surface area contributed by atoms with E-state index in [0.29, 0.717) is 22.6 Å². The fourth-order valence-corrected chi connectivity index (χ4v) is 14.5. The van der Waals surface area contributed by atoms with E-state index in [0.717, 1.165) is 52.9 Å². The molecule has 0 aliphatic carbocycles. The summed E-state index contributed by atoms with van der Waals surface area (Å²) in [6.45, 7) is 2.67. The fourth-order valence-electron chi connectivity index (χ4n) is 14.5. The number of nitrogens with two attached hydrogens (primary N) is 2. The first kappa shape index (κ1) is 88.2. The molecule has 6 N–H and O–H groups in total. The molecule has 5 saturated heterocycles. The van der Waals surface area contributed by atoms with Gasteiger partial charge in [0.05, 0.1) is 96.5 Å². The third-order valence-electron chi connectivity index (χ3n) is 19.9. The maximum absolute atomic E-state index is 15.6. The zero-order valence-electron chi connectivity index (χ0n) is 65.7. The Bertz CT molecular complexity index is 4360. The van der Waals surface area contributed by atoms with Gasteiger partial charge in [0.2, 0.25) is 6.29 Å². The number of aliphatic hydroxyl groups excluding tert-OH is 1. The number of azide groups is 1. The summed E-state index contributed by atoms with van der Waals surface area (Å²) in [4.78, 5) is 113. The van der Waals surface area contributed by atoms with Gasteiger partial charge >= 0.3 is 41.8 Å². The van der Waals surface area contributed by atoms with Gasteiger partial charge in [0, 0.05) is 46.1 Å². The van der Waals surface area contributed by atoms with Gasteiger partial charge in [-0.1, -0.05) is 145 Å². The predicted molar refractivity (Wildman–Crippen MR) is 407 cm³/mol. The number of carbonyl (C=O) groups excluding carboxylic acids is 8. The number of nitrogens with one attached hydrogen (secondary N) is 1. The van der Waals surface area contributed by atoms with Crippen molar-refractivity contribution in [3.05, 3.63) is 214 Å². The molecule has 632 valence electrons. The Morgan fingerprint density at radius 1 is 0.576 bits per heavy atom. The molecule has 0 unspecified atom stereocenters. The van der Waals surface area contributed by atoms with Crippen LogP contribution in [-0.2, 0) is 145 Å². The number of esters is 7. The molecule has 5 heterocycles. The molecule has 6 aromatic rings. The largest absolute Gasteiger partial charge is 0.497 e. The van der Waals surface area contributed by atoms with Crippen molar-refractivity contribution in [3.63, 3.8) is 0 Å². The molecule has 0 aromatic heterocycles. The lowest BCUT2D eigenvalue weighted by Crippen LogP contribution is -2.74. The lowest BCUT2D eigenvalue weighted by atomic mass is 9.86. The van der Waals surface area contributed by atoms with Crippen molar-refractivity contribution in [2.24, 2.45) is 16.6 Å². The van der Waals surface area contributed by atoms with Crippen molar-refractivity contribution in [3.8, 4) is 11.5 Å². The number of ether oxygens (including phenoxy) is 20. The van der Waals surface area contributed by atoms with Gasteiger partial charge in [0.15, 0.2) is 24.6 Å². The first-order valence-electron chi connectivity index (χ1n) is 38.1. The predicted octanol–water partition coefficient (Wildman–Crippen LogP) is 5.77. The van der Waals surface area contributed by atoms with E-state index in [1.165, 1.54) is 19.2 Å². The number of methoxy groups -OCH3 is 2. The molecule has 118 heavy (non-hydrogen) atoms. The maximum Gasteiger partial charge on any atom is 0.366 e. The number of carbonyl (C=O) groups is 8. The fraction of sp³-hybridized carbons (Fsp3) is 0.470. The first-order valence-corrected chi connectivity index (χ1v) is 38.1. The molecule has 0 radical (unpaired) electrons. The topological polar surface area (TPSA) is 454 Å². The van der Waals surface area contributed by atoms with Gasteiger partial charge in [-0.05, 0) is 64.2 Å². The highest BCUT2D eigenvalue weighted by Gasteiger charge is 2.65. The monoisotopic (exact) mass is 1640 g/mol. The maximum atomic E-state index is 15.6. The summed E-state index contributed by atoms with van der Waals surface area (Å²) in [5.41, 5.74) is 27.7. The quantitative estimate of drug-likeness (QED) is 0.0121. The van der Waals surface area contributed by atoms with E-state index in [1.807, 2.05) is 91.0 Å². The van der Waals surface area contributed by atoms with Gasteiger partial charge in [-0.15, -0.1) is 0 Å². The standard InChI is InChI=1S/C83H96N6O29/c1-47(90)103-46-64(107-49(3)92)70(109-51(5)94)73-65(84)59(106-48(2)91)37-82(116-73)80(97)87-39-61(115-82)69(108-50(4)93)72-66(85)60(111-77(96)56-31-21-12-22-32-56)38-83(117-72,81(98)100-7)118-74-67(88-89-86)62(44-101-40-52-23-13-8-14-24-52)112-78(68(74)95)114-71-63(45-102-41-53-25-15-9-16-26-53)113-79(110-58-35-33-57(99-6)34-36-58)76(105-43-55-29-19-11-20-30-55)75(71)104-42-54-27-17-10-18-28-54/h8-36,59-76,78-79,95H,37-46,84-85H2,1-7H3,(H,87,97)/t59-,60-,61+,62+,63+,64+,65+,66+,67-,68+,69+,70+,71+,72+,73+,74-,75-,76+,78-,79+,82-,83-/m0/s1. The summed E-state index contributed by atoms with van der Waals surface area (Å²) in [5, 5.41) is 20.5. The van der Waals surface area contributed by atoms with Crippen molar-refractivity contribution in [1.29, 1.82) is 0 Å². The lowest BCUT2D eigenvalue weighted by molar-refractivity contribution is -0.378. The highest BCUT2D eigenvalue weighted by molar-refractivity contribution is 5.89. The first-order chi connectivity index (χ1) is 56.9. The van der Waals surface area contributed by atoms with Gasteiger partial charge in [-0.25, -0.2) is 9.59 Å². The summed E-state index contributed by atoms with van der Waals surface area (Å²) >= 11 is 0. The summed E-state index contributed by atoms with van der Waals surface area (Å²) in [6.07, 6.45) is -31.2. The Kier molecular flexibility index (Phi) is 31.2. The lowest BCUT2D eigenvalue weighted by Gasteiger charge is -2.53. The van der Waals surface area contributed by atoms with Crippen LogP contribution in [0, 0.1) is 0 Å². The van der Waals surface area contributed by atoms with Crippen LogP contribution in [0.25, 0.3) is 10.4 Å². The molecule has 35 heteroatoms. The number of aliphatic hydroxyl groups is 1. The van der Waals surface area contributed by atoms with Gasteiger partial charge in [0.25, 0.3) is 17.5 Å². The summed E-state index contributed by atoms with van der Waals surface area (Å²) in [7, 11) is 2.47. The van der Waals surface area contributed by atoms with E-state index in [2.05, 4.69) is 15.3 Å². The Morgan fingerprint density at radius 3 is 1.64 bits per heavy atom. The molecule has 5 aliphatic rings. The third kappa shape index (κ3) is 22.8. The second kappa shape index (κ2) is 41.7. The van der Waals surface area contributed by atoms with Crippen LogP contribution in [0.4, 0.5) is 0 Å².